The average Bonchev–Trinajstić information content (AvgIpc) is 2.08. The zero-order valence-corrected chi connectivity index (χ0v) is 5.29. The van der Waals surface area contributed by atoms with Crippen molar-refractivity contribution in [1.82, 2.24) is 0 Å². The number of nitrogens with two attached hydrogens (primary N) is 1. The van der Waals surface area contributed by atoms with Gasteiger partial charge in [0, 0.05) is 12.8 Å². The maximum atomic E-state index is 11.0. The first-order valence-electron chi connectivity index (χ1n) is 3.15. The van der Waals surface area contributed by atoms with Crippen LogP contribution in [0.15, 0.2) is 0 Å². The molecule has 9 heavy (non-hydrogen) atoms. The van der Waals surface area contributed by atoms with E-state index in [0.717, 1.165) is 12.8 Å². The standard InChI is InChI=1S/C5H12N2O2/c6-7(9)3-1-2-5(7)4-8/h5,8H,1-4,6H2/t5?,7-/m0/s1. The molecule has 0 amide bonds. The molecule has 1 unspecified atom stereocenters. The molecule has 1 heterocycles. The van der Waals surface area contributed by atoms with Gasteiger partial charge in [-0.05, 0) is 0 Å². The molecule has 0 spiro atoms. The third-order valence-corrected chi connectivity index (χ3v) is 1.87. The minimum Gasteiger partial charge on any atom is -0.611 e. The average molecular weight is 132 g/mol. The van der Waals surface area contributed by atoms with Gasteiger partial charge in [-0.3, -0.25) is 4.76 Å². The van der Waals surface area contributed by atoms with Gasteiger partial charge in [0.15, 0.2) is 0 Å². The van der Waals surface area contributed by atoms with Crippen molar-refractivity contribution in [2.45, 2.75) is 18.9 Å². The minimum absolute atomic E-state index is 0.0833. The molecule has 1 saturated heterocycles. The Bertz CT molecular complexity index is 105. The molecule has 0 aromatic carbocycles. The van der Waals surface area contributed by atoms with E-state index < -0.39 is 4.76 Å². The van der Waals surface area contributed by atoms with Crippen molar-refractivity contribution in [3.05, 3.63) is 5.21 Å². The Balaban J connectivity index is 2.52. The molecule has 0 aromatic heterocycles. The topological polar surface area (TPSA) is 69.3 Å². The van der Waals surface area contributed by atoms with Crippen LogP contribution in [-0.2, 0) is 0 Å². The van der Waals surface area contributed by atoms with E-state index in [9.17, 15) is 5.21 Å². The Hall–Kier alpha value is -0.160. The minimum atomic E-state index is -0.740. The second-order valence-electron chi connectivity index (χ2n) is 2.56. The molecule has 54 valence electrons. The Kier molecular flexibility index (Phi) is 1.72. The van der Waals surface area contributed by atoms with Crippen LogP contribution in [0.25, 0.3) is 0 Å². The van der Waals surface area contributed by atoms with Gasteiger partial charge < -0.3 is 10.3 Å². The van der Waals surface area contributed by atoms with E-state index >= 15 is 0 Å². The summed E-state index contributed by atoms with van der Waals surface area (Å²) in [4.78, 5) is 0. The molecule has 4 nitrogen and oxygen atoms in total. The predicted molar refractivity (Wildman–Crippen MR) is 32.8 cm³/mol. The number of nitrogens with zero attached hydrogens (tertiary/aromatic N) is 1. The maximum Gasteiger partial charge on any atom is 0.130 e. The number of quaternary nitrogens is 1. The van der Waals surface area contributed by atoms with Crippen molar-refractivity contribution in [2.75, 3.05) is 13.2 Å². The predicted octanol–water partition coefficient (Wildman–Crippen LogP) is -0.671. The monoisotopic (exact) mass is 132 g/mol. The number of aliphatic hydroxyl groups is 1. The Labute approximate surface area is 54.0 Å². The van der Waals surface area contributed by atoms with Crippen LogP contribution >= 0.6 is 0 Å². The molecule has 0 radical (unpaired) electrons. The molecule has 1 fully saturated rings. The number of hydroxylamine groups is 2. The number of rotatable bonds is 1. The smallest absolute Gasteiger partial charge is 0.130 e. The molecule has 4 heteroatoms. The van der Waals surface area contributed by atoms with Gasteiger partial charge >= 0.3 is 0 Å². The summed E-state index contributed by atoms with van der Waals surface area (Å²) in [5, 5.41) is 19.6. The molecule has 1 aliphatic heterocycles. The maximum absolute atomic E-state index is 11.0. The van der Waals surface area contributed by atoms with Crippen LogP contribution < -0.4 is 5.84 Å². The fourth-order valence-electron chi connectivity index (χ4n) is 1.20. The fraction of sp³-hybridized carbons (Fsp3) is 1.00. The molecule has 0 bridgehead atoms. The lowest BCUT2D eigenvalue weighted by Crippen LogP contribution is -2.53. The van der Waals surface area contributed by atoms with E-state index in [1.54, 1.807) is 0 Å². The summed E-state index contributed by atoms with van der Waals surface area (Å²) in [5.41, 5.74) is 0. The van der Waals surface area contributed by atoms with Crippen molar-refractivity contribution in [2.24, 2.45) is 5.84 Å². The quantitative estimate of drug-likeness (QED) is 0.282. The lowest BCUT2D eigenvalue weighted by Gasteiger charge is -2.36. The molecular formula is C5H12N2O2. The molecule has 0 aromatic rings. The highest BCUT2D eigenvalue weighted by Gasteiger charge is 2.31. The molecule has 3 N–H and O–H groups in total. The van der Waals surface area contributed by atoms with Crippen LogP contribution in [0.2, 0.25) is 0 Å². The SMILES string of the molecule is N[N@+]1([O-])CCCC1CO. The number of hydrogen-bond donors (Lipinski definition) is 2. The molecule has 2 atom stereocenters. The summed E-state index contributed by atoms with van der Waals surface area (Å²) < 4.78 is -0.740. The Morgan fingerprint density at radius 3 is 2.67 bits per heavy atom. The third kappa shape index (κ3) is 1.21. The zero-order chi connectivity index (χ0) is 6.91. The summed E-state index contributed by atoms with van der Waals surface area (Å²) >= 11 is 0. The summed E-state index contributed by atoms with van der Waals surface area (Å²) in [7, 11) is 0. The summed E-state index contributed by atoms with van der Waals surface area (Å²) in [6.07, 6.45) is 1.60. The van der Waals surface area contributed by atoms with Crippen molar-refractivity contribution in [3.63, 3.8) is 0 Å². The second kappa shape index (κ2) is 2.22. The lowest BCUT2D eigenvalue weighted by atomic mass is 10.2. The van der Waals surface area contributed by atoms with Crippen molar-refractivity contribution < 1.29 is 9.86 Å². The molecule has 1 rings (SSSR count). The van der Waals surface area contributed by atoms with Crippen LogP contribution in [0.5, 0.6) is 0 Å². The van der Waals surface area contributed by atoms with E-state index in [1.807, 2.05) is 0 Å². The first-order valence-corrected chi connectivity index (χ1v) is 3.15. The summed E-state index contributed by atoms with van der Waals surface area (Å²) in [6.45, 7) is 0.366. The van der Waals surface area contributed by atoms with Gasteiger partial charge in [-0.25, -0.2) is 0 Å². The first-order chi connectivity index (χ1) is 4.17. The Morgan fingerprint density at radius 1 is 1.78 bits per heavy atom. The van der Waals surface area contributed by atoms with Gasteiger partial charge in [0.2, 0.25) is 0 Å². The summed E-state index contributed by atoms with van der Waals surface area (Å²) in [6, 6.07) is -0.273. The van der Waals surface area contributed by atoms with E-state index in [2.05, 4.69) is 0 Å². The highest BCUT2D eigenvalue weighted by Crippen LogP contribution is 2.19. The summed E-state index contributed by atoms with van der Waals surface area (Å²) in [5.74, 6) is 5.25. The fourth-order valence-corrected chi connectivity index (χ4v) is 1.20. The zero-order valence-electron chi connectivity index (χ0n) is 5.29. The van der Waals surface area contributed by atoms with E-state index in [4.69, 9.17) is 10.9 Å². The van der Waals surface area contributed by atoms with Gasteiger partial charge in [-0.2, -0.15) is 5.84 Å². The second-order valence-corrected chi connectivity index (χ2v) is 2.56. The van der Waals surface area contributed by atoms with E-state index in [0.29, 0.717) is 6.54 Å². The van der Waals surface area contributed by atoms with Crippen LogP contribution in [0.1, 0.15) is 12.8 Å². The van der Waals surface area contributed by atoms with Crippen molar-refractivity contribution >= 4 is 0 Å². The number of aliphatic hydroxyl groups excluding tert-OH is 1. The van der Waals surface area contributed by atoms with Crippen LogP contribution in [0, 0.1) is 5.21 Å². The van der Waals surface area contributed by atoms with Gasteiger partial charge in [-0.1, -0.05) is 0 Å². The first kappa shape index (κ1) is 6.95. The van der Waals surface area contributed by atoms with Gasteiger partial charge in [0.1, 0.15) is 6.04 Å². The highest BCUT2D eigenvalue weighted by molar-refractivity contribution is 4.64. The van der Waals surface area contributed by atoms with Crippen LogP contribution in [0.3, 0.4) is 0 Å². The molecule has 0 saturated carbocycles. The van der Waals surface area contributed by atoms with E-state index in [-0.39, 0.29) is 12.6 Å². The Morgan fingerprint density at radius 2 is 2.44 bits per heavy atom. The van der Waals surface area contributed by atoms with Crippen LogP contribution in [-0.4, -0.2) is 29.1 Å². The van der Waals surface area contributed by atoms with Gasteiger partial charge in [0.25, 0.3) is 0 Å². The normalized spacial score (nSPS) is 43.7. The lowest BCUT2D eigenvalue weighted by molar-refractivity contribution is -0.904. The van der Waals surface area contributed by atoms with Gasteiger partial charge in [-0.15, -0.1) is 0 Å². The highest BCUT2D eigenvalue weighted by atomic mass is 16.6. The van der Waals surface area contributed by atoms with Crippen LogP contribution in [0.4, 0.5) is 0 Å². The number of hydrogen-bond acceptors (Lipinski definition) is 3. The van der Waals surface area contributed by atoms with E-state index in [1.165, 1.54) is 0 Å². The van der Waals surface area contributed by atoms with Crippen molar-refractivity contribution in [1.29, 1.82) is 0 Å². The third-order valence-electron chi connectivity index (χ3n) is 1.87. The largest absolute Gasteiger partial charge is 0.611 e. The molecular weight excluding hydrogens is 120 g/mol. The van der Waals surface area contributed by atoms with Gasteiger partial charge in [0.05, 0.1) is 13.2 Å². The molecule has 1 aliphatic rings. The molecule has 0 aliphatic carbocycles. The van der Waals surface area contributed by atoms with Crippen molar-refractivity contribution in [3.8, 4) is 0 Å².